The molecule has 0 amide bonds. The molecule has 5 nitrogen and oxygen atoms in total. The van der Waals surface area contributed by atoms with Crippen molar-refractivity contribution in [1.29, 1.82) is 0 Å². The average molecular weight is 331 g/mol. The van der Waals surface area contributed by atoms with Gasteiger partial charge in [0.15, 0.2) is 0 Å². The molecule has 23 heavy (non-hydrogen) atoms. The third-order valence-corrected chi connectivity index (χ3v) is 4.19. The highest BCUT2D eigenvalue weighted by molar-refractivity contribution is 5.69. The second-order valence-corrected chi connectivity index (χ2v) is 5.98. The lowest BCUT2D eigenvalue weighted by molar-refractivity contribution is -0.144. The van der Waals surface area contributed by atoms with E-state index in [1.165, 1.54) is 19.3 Å². The van der Waals surface area contributed by atoms with Gasteiger partial charge in [-0.1, -0.05) is 46.5 Å². The van der Waals surface area contributed by atoms with Crippen LogP contribution >= 0.6 is 0 Å². The number of rotatable bonds is 16. The zero-order valence-corrected chi connectivity index (χ0v) is 15.6. The van der Waals surface area contributed by atoms with Gasteiger partial charge in [0.25, 0.3) is 0 Å². The molecule has 0 heterocycles. The van der Waals surface area contributed by atoms with Gasteiger partial charge >= 0.3 is 5.97 Å². The number of unbranched alkanes of at least 4 members (excludes halogenated alkanes) is 4. The Hall–Kier alpha value is -0.650. The molecule has 0 rings (SSSR count). The molecule has 138 valence electrons. The largest absolute Gasteiger partial charge is 0.466 e. The van der Waals surface area contributed by atoms with Crippen LogP contribution in [0.4, 0.5) is 0 Å². The monoisotopic (exact) mass is 330 g/mol. The lowest BCUT2D eigenvalue weighted by Gasteiger charge is -2.25. The molecule has 0 saturated heterocycles. The summed E-state index contributed by atoms with van der Waals surface area (Å²) in [4.78, 5) is 16.3. The standard InChI is InChI=1S/C18H38N2O3/c1-4-7-8-9-10-17-23-18(22)11-12-20(15-16-21)14-13-19(5-2)6-3/h21H,4-17H2,1-3H3. The first-order chi connectivity index (χ1) is 11.2. The number of carbonyl (C=O) groups excluding carboxylic acids is 1. The van der Waals surface area contributed by atoms with E-state index in [2.05, 4.69) is 30.6 Å². The summed E-state index contributed by atoms with van der Waals surface area (Å²) in [7, 11) is 0. The SMILES string of the molecule is CCCCCCCOC(=O)CCN(CCO)CCN(CC)CC. The number of carbonyl (C=O) groups is 1. The molecular formula is C18H38N2O3. The average Bonchev–Trinajstić information content (AvgIpc) is 2.56. The van der Waals surface area contributed by atoms with E-state index in [0.29, 0.717) is 26.1 Å². The van der Waals surface area contributed by atoms with Gasteiger partial charge in [0.05, 0.1) is 19.6 Å². The molecule has 0 aliphatic carbocycles. The summed E-state index contributed by atoms with van der Waals surface area (Å²) in [5.74, 6) is -0.119. The van der Waals surface area contributed by atoms with Gasteiger partial charge in [-0.2, -0.15) is 0 Å². The van der Waals surface area contributed by atoms with Crippen molar-refractivity contribution in [2.45, 2.75) is 59.3 Å². The first kappa shape index (κ1) is 22.4. The summed E-state index contributed by atoms with van der Waals surface area (Å²) in [6.07, 6.45) is 6.23. The molecule has 0 bridgehead atoms. The van der Waals surface area contributed by atoms with E-state index in [1.807, 2.05) is 0 Å². The van der Waals surface area contributed by atoms with Crippen LogP contribution in [0.15, 0.2) is 0 Å². The van der Waals surface area contributed by atoms with Gasteiger partial charge in [0.2, 0.25) is 0 Å². The Morgan fingerprint density at radius 2 is 1.52 bits per heavy atom. The molecule has 0 aliphatic rings. The molecule has 0 fully saturated rings. The normalized spacial score (nSPS) is 11.4. The van der Waals surface area contributed by atoms with Gasteiger partial charge in [0, 0.05) is 26.2 Å². The summed E-state index contributed by atoms with van der Waals surface area (Å²) in [6.45, 7) is 12.4. The Kier molecular flexibility index (Phi) is 15.8. The topological polar surface area (TPSA) is 53.0 Å². The Balaban J connectivity index is 3.81. The van der Waals surface area contributed by atoms with Crippen molar-refractivity contribution in [3.63, 3.8) is 0 Å². The maximum atomic E-state index is 11.8. The Morgan fingerprint density at radius 1 is 0.870 bits per heavy atom. The fourth-order valence-corrected chi connectivity index (χ4v) is 2.51. The number of hydrogen-bond donors (Lipinski definition) is 1. The maximum Gasteiger partial charge on any atom is 0.307 e. The second kappa shape index (κ2) is 16.2. The Bertz CT molecular complexity index is 271. The van der Waals surface area contributed by atoms with Crippen molar-refractivity contribution in [3.05, 3.63) is 0 Å². The molecule has 1 N–H and O–H groups in total. The number of aliphatic hydroxyl groups excluding tert-OH is 1. The van der Waals surface area contributed by atoms with Crippen molar-refractivity contribution < 1.29 is 14.6 Å². The van der Waals surface area contributed by atoms with E-state index in [4.69, 9.17) is 9.84 Å². The van der Waals surface area contributed by atoms with Crippen LogP contribution in [0.25, 0.3) is 0 Å². The summed E-state index contributed by atoms with van der Waals surface area (Å²) in [5, 5.41) is 9.15. The van der Waals surface area contributed by atoms with Gasteiger partial charge in [-0.3, -0.25) is 9.69 Å². The van der Waals surface area contributed by atoms with Crippen LogP contribution < -0.4 is 0 Å². The predicted molar refractivity (Wildman–Crippen MR) is 95.6 cm³/mol. The van der Waals surface area contributed by atoms with Gasteiger partial charge in [-0.15, -0.1) is 0 Å². The van der Waals surface area contributed by atoms with Crippen molar-refractivity contribution >= 4 is 5.97 Å². The third kappa shape index (κ3) is 13.5. The highest BCUT2D eigenvalue weighted by Gasteiger charge is 2.10. The molecule has 0 atom stereocenters. The minimum atomic E-state index is -0.119. The van der Waals surface area contributed by atoms with E-state index in [9.17, 15) is 4.79 Å². The number of esters is 1. The summed E-state index contributed by atoms with van der Waals surface area (Å²) >= 11 is 0. The summed E-state index contributed by atoms with van der Waals surface area (Å²) in [6, 6.07) is 0. The van der Waals surface area contributed by atoms with Crippen LogP contribution in [0.5, 0.6) is 0 Å². The molecule has 0 aromatic rings. The fraction of sp³-hybridized carbons (Fsp3) is 0.944. The number of hydrogen-bond acceptors (Lipinski definition) is 5. The fourth-order valence-electron chi connectivity index (χ4n) is 2.51. The molecule has 0 saturated carbocycles. The molecular weight excluding hydrogens is 292 g/mol. The minimum absolute atomic E-state index is 0.119. The zero-order valence-electron chi connectivity index (χ0n) is 15.6. The summed E-state index contributed by atoms with van der Waals surface area (Å²) < 4.78 is 5.28. The smallest absolute Gasteiger partial charge is 0.307 e. The predicted octanol–water partition coefficient (Wildman–Crippen LogP) is 2.53. The lowest BCUT2D eigenvalue weighted by atomic mass is 10.2. The Morgan fingerprint density at radius 3 is 2.13 bits per heavy atom. The molecule has 0 unspecified atom stereocenters. The van der Waals surface area contributed by atoms with Crippen molar-refractivity contribution in [1.82, 2.24) is 9.80 Å². The van der Waals surface area contributed by atoms with E-state index in [0.717, 1.165) is 39.0 Å². The first-order valence-electron chi connectivity index (χ1n) is 9.39. The lowest BCUT2D eigenvalue weighted by Crippen LogP contribution is -2.37. The van der Waals surface area contributed by atoms with E-state index >= 15 is 0 Å². The third-order valence-electron chi connectivity index (χ3n) is 4.19. The molecule has 0 aromatic carbocycles. The quantitative estimate of drug-likeness (QED) is 0.348. The van der Waals surface area contributed by atoms with Crippen LogP contribution in [0, 0.1) is 0 Å². The van der Waals surface area contributed by atoms with Gasteiger partial charge in [-0.25, -0.2) is 0 Å². The maximum absolute atomic E-state index is 11.8. The van der Waals surface area contributed by atoms with E-state index in [1.54, 1.807) is 0 Å². The summed E-state index contributed by atoms with van der Waals surface area (Å²) in [5.41, 5.74) is 0. The Labute approximate surface area is 143 Å². The molecule has 0 spiro atoms. The van der Waals surface area contributed by atoms with Crippen LogP contribution in [0.1, 0.15) is 59.3 Å². The van der Waals surface area contributed by atoms with Gasteiger partial charge < -0.3 is 14.7 Å². The molecule has 0 radical (unpaired) electrons. The number of likely N-dealkylation sites (N-methyl/N-ethyl adjacent to an activating group) is 1. The van der Waals surface area contributed by atoms with Crippen molar-refractivity contribution in [3.8, 4) is 0 Å². The van der Waals surface area contributed by atoms with Crippen LogP contribution in [-0.2, 0) is 9.53 Å². The molecule has 0 aromatic heterocycles. The van der Waals surface area contributed by atoms with Crippen LogP contribution in [0.3, 0.4) is 0 Å². The number of aliphatic hydroxyl groups is 1. The highest BCUT2D eigenvalue weighted by Crippen LogP contribution is 2.03. The van der Waals surface area contributed by atoms with Crippen molar-refractivity contribution in [2.75, 3.05) is 52.5 Å². The first-order valence-corrected chi connectivity index (χ1v) is 9.39. The highest BCUT2D eigenvalue weighted by atomic mass is 16.5. The van der Waals surface area contributed by atoms with Gasteiger partial charge in [0.1, 0.15) is 0 Å². The van der Waals surface area contributed by atoms with Crippen molar-refractivity contribution in [2.24, 2.45) is 0 Å². The van der Waals surface area contributed by atoms with Crippen LogP contribution in [-0.4, -0.2) is 73.4 Å². The van der Waals surface area contributed by atoms with E-state index in [-0.39, 0.29) is 12.6 Å². The van der Waals surface area contributed by atoms with Crippen LogP contribution in [0.2, 0.25) is 0 Å². The van der Waals surface area contributed by atoms with Gasteiger partial charge in [-0.05, 0) is 19.5 Å². The van der Waals surface area contributed by atoms with E-state index < -0.39 is 0 Å². The molecule has 0 aliphatic heterocycles. The zero-order chi connectivity index (χ0) is 17.3. The minimum Gasteiger partial charge on any atom is -0.466 e. The molecule has 5 heteroatoms. The number of ether oxygens (including phenoxy) is 1. The number of nitrogens with zero attached hydrogens (tertiary/aromatic N) is 2. The second-order valence-electron chi connectivity index (χ2n) is 5.98.